The summed E-state index contributed by atoms with van der Waals surface area (Å²) in [6, 6.07) is 13.4. The second kappa shape index (κ2) is 6.39. The molecular formula is C16H19NO3. The summed E-state index contributed by atoms with van der Waals surface area (Å²) in [4.78, 5) is 0. The average Bonchev–Trinajstić information content (AvgIpc) is 2.44. The van der Waals surface area contributed by atoms with Gasteiger partial charge in [-0.15, -0.1) is 0 Å². The fraction of sp³-hybridized carbons (Fsp3) is 0.312. The monoisotopic (exact) mass is 273 g/mol. The molecule has 0 aliphatic rings. The predicted octanol–water partition coefficient (Wildman–Crippen LogP) is 2.57. The molecule has 0 fully saturated rings. The summed E-state index contributed by atoms with van der Waals surface area (Å²) < 4.78 is 6.35. The summed E-state index contributed by atoms with van der Waals surface area (Å²) in [5.74, 6) is 0.706. The Morgan fingerprint density at radius 1 is 1.20 bits per heavy atom. The molecule has 106 valence electrons. The van der Waals surface area contributed by atoms with Crippen molar-refractivity contribution in [3.63, 3.8) is 0 Å². The van der Waals surface area contributed by atoms with Crippen molar-refractivity contribution >= 4 is 17.0 Å². The maximum atomic E-state index is 11.4. The quantitative estimate of drug-likeness (QED) is 0.394. The highest BCUT2D eigenvalue weighted by molar-refractivity contribution is 5.88. The van der Waals surface area contributed by atoms with E-state index in [1.54, 1.807) is 13.8 Å². The Kier molecular flexibility index (Phi) is 4.58. The molecule has 20 heavy (non-hydrogen) atoms. The molecule has 1 N–H and O–H groups in total. The topological polar surface area (TPSA) is 55.5 Å². The van der Waals surface area contributed by atoms with E-state index in [0.29, 0.717) is 5.75 Å². The second-order valence-electron chi connectivity index (χ2n) is 4.96. The van der Waals surface area contributed by atoms with Gasteiger partial charge in [-0.3, -0.25) is 0 Å². The van der Waals surface area contributed by atoms with E-state index in [0.717, 1.165) is 15.5 Å². The van der Waals surface area contributed by atoms with Crippen molar-refractivity contribution in [2.75, 3.05) is 6.61 Å². The van der Waals surface area contributed by atoms with E-state index in [4.69, 9.17) is 4.74 Å². The van der Waals surface area contributed by atoms with E-state index < -0.39 is 6.10 Å². The van der Waals surface area contributed by atoms with Crippen molar-refractivity contribution in [1.82, 2.24) is 0 Å². The molecule has 0 unspecified atom stereocenters. The van der Waals surface area contributed by atoms with Crippen LogP contribution in [0, 0.1) is 5.21 Å². The highest BCUT2D eigenvalue weighted by atomic mass is 16.5. The Labute approximate surface area is 118 Å². The van der Waals surface area contributed by atoms with E-state index in [2.05, 4.69) is 0 Å². The minimum atomic E-state index is -0.922. The van der Waals surface area contributed by atoms with Crippen LogP contribution in [0.5, 0.6) is 5.75 Å². The summed E-state index contributed by atoms with van der Waals surface area (Å²) in [6.45, 7) is 3.59. The maximum absolute atomic E-state index is 11.4. The van der Waals surface area contributed by atoms with Crippen LogP contribution in [-0.4, -0.2) is 34.8 Å². The van der Waals surface area contributed by atoms with Crippen LogP contribution in [-0.2, 0) is 0 Å². The number of fused-ring (bicyclic) bond motifs is 1. The fourth-order valence-electron chi connectivity index (χ4n) is 1.88. The lowest BCUT2D eigenvalue weighted by molar-refractivity contribution is -0.490. The number of hydrogen-bond donors (Lipinski definition) is 1. The van der Waals surface area contributed by atoms with Crippen molar-refractivity contribution < 1.29 is 14.6 Å². The standard InChI is InChI=1S/C16H19NO3/c1-12(2)17(19)10-14(18)11-20-16-9-5-7-13-6-3-4-8-15(13)16/h3-10,12,14,18H,11H2,1-2H3/b17-10+/t14-/m0/s1. The van der Waals surface area contributed by atoms with Gasteiger partial charge in [0.05, 0.1) is 0 Å². The molecule has 0 radical (unpaired) electrons. The predicted molar refractivity (Wildman–Crippen MR) is 80.3 cm³/mol. The first-order valence-electron chi connectivity index (χ1n) is 6.67. The molecule has 1 atom stereocenters. The number of aliphatic hydroxyl groups is 1. The van der Waals surface area contributed by atoms with Gasteiger partial charge in [-0.1, -0.05) is 36.4 Å². The number of aliphatic hydroxyl groups excluding tert-OH is 1. The van der Waals surface area contributed by atoms with Crippen LogP contribution in [0.25, 0.3) is 10.8 Å². The molecule has 4 heteroatoms. The summed E-state index contributed by atoms with van der Waals surface area (Å²) >= 11 is 0. The zero-order valence-corrected chi connectivity index (χ0v) is 11.7. The highest BCUT2D eigenvalue weighted by Crippen LogP contribution is 2.25. The molecule has 0 aliphatic carbocycles. The van der Waals surface area contributed by atoms with Crippen LogP contribution in [0.1, 0.15) is 13.8 Å². The van der Waals surface area contributed by atoms with Crippen LogP contribution >= 0.6 is 0 Å². The summed E-state index contributed by atoms with van der Waals surface area (Å²) in [5, 5.41) is 23.3. The van der Waals surface area contributed by atoms with E-state index >= 15 is 0 Å². The zero-order valence-electron chi connectivity index (χ0n) is 11.7. The van der Waals surface area contributed by atoms with Crippen LogP contribution < -0.4 is 4.74 Å². The van der Waals surface area contributed by atoms with E-state index in [1.165, 1.54) is 6.21 Å². The third-order valence-electron chi connectivity index (χ3n) is 2.99. The number of rotatable bonds is 5. The molecule has 2 aromatic rings. The lowest BCUT2D eigenvalue weighted by atomic mass is 10.1. The summed E-state index contributed by atoms with van der Waals surface area (Å²) in [7, 11) is 0. The Morgan fingerprint density at radius 2 is 1.90 bits per heavy atom. The van der Waals surface area contributed by atoms with Crippen molar-refractivity contribution in [2.24, 2.45) is 0 Å². The molecule has 0 amide bonds. The second-order valence-corrected chi connectivity index (χ2v) is 4.96. The average molecular weight is 273 g/mol. The third kappa shape index (κ3) is 3.48. The molecule has 0 saturated heterocycles. The molecule has 2 rings (SSSR count). The number of benzene rings is 2. The molecule has 0 bridgehead atoms. The lowest BCUT2D eigenvalue weighted by Gasteiger charge is -2.12. The first-order chi connectivity index (χ1) is 9.58. The van der Waals surface area contributed by atoms with Gasteiger partial charge in [-0.05, 0) is 25.3 Å². The van der Waals surface area contributed by atoms with E-state index in [9.17, 15) is 10.3 Å². The Bertz CT molecular complexity index is 602. The molecule has 0 aliphatic heterocycles. The Balaban J connectivity index is 2.08. The molecule has 2 aromatic carbocycles. The number of nitrogens with zero attached hydrogens (tertiary/aromatic N) is 1. The highest BCUT2D eigenvalue weighted by Gasteiger charge is 2.10. The summed E-state index contributed by atoms with van der Waals surface area (Å²) in [5.41, 5.74) is 0. The third-order valence-corrected chi connectivity index (χ3v) is 2.99. The van der Waals surface area contributed by atoms with Crippen LogP contribution in [0.2, 0.25) is 0 Å². The van der Waals surface area contributed by atoms with Gasteiger partial charge in [0.25, 0.3) is 0 Å². The normalized spacial score (nSPS) is 13.7. The number of hydroxylamine groups is 1. The molecule has 0 spiro atoms. The van der Waals surface area contributed by atoms with Gasteiger partial charge < -0.3 is 15.1 Å². The molecular weight excluding hydrogens is 254 g/mol. The number of ether oxygens (including phenoxy) is 1. The van der Waals surface area contributed by atoms with Crippen molar-refractivity contribution in [3.8, 4) is 5.75 Å². The van der Waals surface area contributed by atoms with Gasteiger partial charge in [-0.25, -0.2) is 4.74 Å². The fourth-order valence-corrected chi connectivity index (χ4v) is 1.88. The maximum Gasteiger partial charge on any atom is 0.183 e. The minimum Gasteiger partial charge on any atom is -0.624 e. The first kappa shape index (κ1) is 14.3. The van der Waals surface area contributed by atoms with E-state index in [-0.39, 0.29) is 12.6 Å². The molecule has 0 saturated carbocycles. The van der Waals surface area contributed by atoms with Crippen LogP contribution in [0.4, 0.5) is 0 Å². The zero-order chi connectivity index (χ0) is 14.5. The van der Waals surface area contributed by atoms with Gasteiger partial charge >= 0.3 is 0 Å². The van der Waals surface area contributed by atoms with E-state index in [1.807, 2.05) is 42.5 Å². The molecule has 0 heterocycles. The Hall–Kier alpha value is -2.07. The van der Waals surface area contributed by atoms with Crippen LogP contribution in [0.3, 0.4) is 0 Å². The lowest BCUT2D eigenvalue weighted by Crippen LogP contribution is -2.26. The van der Waals surface area contributed by atoms with Crippen molar-refractivity contribution in [1.29, 1.82) is 0 Å². The summed E-state index contributed by atoms with van der Waals surface area (Å²) in [6.07, 6.45) is 0.310. The molecule has 4 nitrogen and oxygen atoms in total. The van der Waals surface area contributed by atoms with Gasteiger partial charge in [0, 0.05) is 5.39 Å². The van der Waals surface area contributed by atoms with Gasteiger partial charge in [0.2, 0.25) is 0 Å². The van der Waals surface area contributed by atoms with Gasteiger partial charge in [0.1, 0.15) is 12.4 Å². The largest absolute Gasteiger partial charge is 0.624 e. The molecule has 0 aromatic heterocycles. The Morgan fingerprint density at radius 3 is 2.65 bits per heavy atom. The van der Waals surface area contributed by atoms with Crippen molar-refractivity contribution in [2.45, 2.75) is 26.0 Å². The smallest absolute Gasteiger partial charge is 0.183 e. The number of hydrogen-bond acceptors (Lipinski definition) is 3. The van der Waals surface area contributed by atoms with Crippen molar-refractivity contribution in [3.05, 3.63) is 47.7 Å². The van der Waals surface area contributed by atoms with Gasteiger partial charge in [0.15, 0.2) is 18.4 Å². The van der Waals surface area contributed by atoms with Crippen LogP contribution in [0.15, 0.2) is 42.5 Å². The van der Waals surface area contributed by atoms with Gasteiger partial charge in [-0.2, -0.15) is 0 Å². The minimum absolute atomic E-state index is 0.0550. The SMILES string of the molecule is CC(C)/[N+]([O-])=C\[C@H](O)COc1cccc2ccccc12. The first-order valence-corrected chi connectivity index (χ1v) is 6.67.